The van der Waals surface area contributed by atoms with Crippen LogP contribution in [-0.2, 0) is 18.4 Å². The molecule has 0 radical (unpaired) electrons. The fourth-order valence-corrected chi connectivity index (χ4v) is 4.82. The molecule has 8 heteroatoms. The van der Waals surface area contributed by atoms with E-state index in [-0.39, 0.29) is 42.2 Å². The number of carbonyl (C=O) groups excluding carboxylic acids is 1. The van der Waals surface area contributed by atoms with Crippen molar-refractivity contribution >= 4 is 36.5 Å². The number of nitrogens with one attached hydrogen (secondary N) is 2. The lowest BCUT2D eigenvalue weighted by atomic mass is 9.90. The molecule has 0 bridgehead atoms. The zero-order valence-corrected chi connectivity index (χ0v) is 21.8. The summed E-state index contributed by atoms with van der Waals surface area (Å²) in [7, 11) is 0. The minimum Gasteiger partial charge on any atom is -0.467 e. The standard InChI is InChI=1S/C25H36N4O2.2ClH/c1-17(2)16-29(19-7-5-11-26-14-19)24(30)21-13-18-9-10-25(3,4)22(18)28-23(21)27-15-20-8-6-12-31-20;;/h6,8,12-13,17,19,26H,5,7,9-11,14-16H2,1-4H3,(H,27,28);2*1H. The van der Waals surface area contributed by atoms with Crippen molar-refractivity contribution in [3.8, 4) is 0 Å². The highest BCUT2D eigenvalue weighted by atomic mass is 35.5. The van der Waals surface area contributed by atoms with Gasteiger partial charge < -0.3 is 20.0 Å². The molecule has 33 heavy (non-hydrogen) atoms. The first-order valence-corrected chi connectivity index (χ1v) is 11.7. The van der Waals surface area contributed by atoms with Crippen LogP contribution in [0.2, 0.25) is 0 Å². The Morgan fingerprint density at radius 3 is 2.79 bits per heavy atom. The van der Waals surface area contributed by atoms with Gasteiger partial charge in [-0.25, -0.2) is 4.98 Å². The molecule has 2 aromatic heterocycles. The van der Waals surface area contributed by atoms with Crippen molar-refractivity contribution in [1.82, 2.24) is 15.2 Å². The molecule has 1 atom stereocenters. The van der Waals surface area contributed by atoms with Crippen LogP contribution in [0.1, 0.15) is 74.3 Å². The van der Waals surface area contributed by atoms with E-state index >= 15 is 0 Å². The molecule has 2 aliphatic rings. The summed E-state index contributed by atoms with van der Waals surface area (Å²) in [6, 6.07) is 6.15. The second-order valence-corrected chi connectivity index (χ2v) is 10.1. The van der Waals surface area contributed by atoms with Crippen LogP contribution in [0.25, 0.3) is 0 Å². The third-order valence-electron chi connectivity index (χ3n) is 6.54. The second-order valence-electron chi connectivity index (χ2n) is 10.1. The fourth-order valence-electron chi connectivity index (χ4n) is 4.82. The zero-order valence-electron chi connectivity index (χ0n) is 20.1. The van der Waals surface area contributed by atoms with Crippen LogP contribution in [0.5, 0.6) is 0 Å². The number of aryl methyl sites for hydroxylation is 1. The second kappa shape index (κ2) is 11.6. The lowest BCUT2D eigenvalue weighted by Gasteiger charge is -2.36. The first-order valence-electron chi connectivity index (χ1n) is 11.7. The van der Waals surface area contributed by atoms with Gasteiger partial charge in [-0.05, 0) is 61.9 Å². The lowest BCUT2D eigenvalue weighted by molar-refractivity contribution is 0.0620. The van der Waals surface area contributed by atoms with E-state index < -0.39 is 0 Å². The number of fused-ring (bicyclic) bond motifs is 1. The van der Waals surface area contributed by atoms with Gasteiger partial charge in [0.15, 0.2) is 0 Å². The average Bonchev–Trinajstić information content (AvgIpc) is 3.37. The highest BCUT2D eigenvalue weighted by molar-refractivity contribution is 5.99. The Hall–Kier alpha value is -1.76. The van der Waals surface area contributed by atoms with Gasteiger partial charge in [-0.15, -0.1) is 24.8 Å². The molecule has 1 aliphatic carbocycles. The van der Waals surface area contributed by atoms with E-state index in [2.05, 4.69) is 49.3 Å². The van der Waals surface area contributed by atoms with Gasteiger partial charge in [-0.3, -0.25) is 4.79 Å². The number of aromatic nitrogens is 1. The van der Waals surface area contributed by atoms with Crippen molar-refractivity contribution < 1.29 is 9.21 Å². The van der Waals surface area contributed by atoms with E-state index in [1.54, 1.807) is 6.26 Å². The Labute approximate surface area is 210 Å². The van der Waals surface area contributed by atoms with Gasteiger partial charge in [0.1, 0.15) is 11.6 Å². The van der Waals surface area contributed by atoms with Crippen LogP contribution in [0, 0.1) is 5.92 Å². The van der Waals surface area contributed by atoms with Crippen molar-refractivity contribution in [3.05, 3.63) is 47.0 Å². The SMILES string of the molecule is CC(C)CN(C(=O)c1cc2c(nc1NCc1ccco1)C(C)(C)CC2)C1CCCNC1.Cl.Cl. The largest absolute Gasteiger partial charge is 0.467 e. The molecule has 0 aromatic carbocycles. The first kappa shape index (κ1) is 27.5. The molecular formula is C25H38Cl2N4O2. The van der Waals surface area contributed by atoms with E-state index in [1.165, 1.54) is 5.56 Å². The number of piperidine rings is 1. The number of anilines is 1. The van der Waals surface area contributed by atoms with Crippen molar-refractivity contribution in [2.45, 2.75) is 71.4 Å². The summed E-state index contributed by atoms with van der Waals surface area (Å²) < 4.78 is 5.49. The molecule has 2 aromatic rings. The molecule has 0 spiro atoms. The van der Waals surface area contributed by atoms with Crippen molar-refractivity contribution in [2.24, 2.45) is 5.92 Å². The van der Waals surface area contributed by atoms with Gasteiger partial charge in [0.2, 0.25) is 0 Å². The fraction of sp³-hybridized carbons (Fsp3) is 0.600. The number of rotatable bonds is 7. The summed E-state index contributed by atoms with van der Waals surface area (Å²) in [6.45, 7) is 12.0. The van der Waals surface area contributed by atoms with Crippen molar-refractivity contribution in [1.29, 1.82) is 0 Å². The van der Waals surface area contributed by atoms with Crippen LogP contribution in [-0.4, -0.2) is 41.5 Å². The normalized spacial score (nSPS) is 18.8. The molecular weight excluding hydrogens is 459 g/mol. The van der Waals surface area contributed by atoms with Gasteiger partial charge in [0.05, 0.1) is 24.1 Å². The summed E-state index contributed by atoms with van der Waals surface area (Å²) in [5, 5.41) is 6.88. The van der Waals surface area contributed by atoms with Crippen LogP contribution >= 0.6 is 24.8 Å². The quantitative estimate of drug-likeness (QED) is 0.550. The smallest absolute Gasteiger partial charge is 0.257 e. The van der Waals surface area contributed by atoms with E-state index in [1.807, 2.05) is 12.1 Å². The Balaban J connectivity index is 0.00000193. The monoisotopic (exact) mass is 496 g/mol. The van der Waals surface area contributed by atoms with Gasteiger partial charge in [0, 0.05) is 24.5 Å². The topological polar surface area (TPSA) is 70.4 Å². The minimum absolute atomic E-state index is 0. The summed E-state index contributed by atoms with van der Waals surface area (Å²) in [6.07, 6.45) is 5.86. The van der Waals surface area contributed by atoms with Crippen LogP contribution in [0.15, 0.2) is 28.9 Å². The van der Waals surface area contributed by atoms with E-state index in [0.29, 0.717) is 23.8 Å². The molecule has 184 valence electrons. The Bertz CT molecular complexity index is 909. The number of amides is 1. The Morgan fingerprint density at radius 1 is 1.36 bits per heavy atom. The molecule has 1 aliphatic heterocycles. The lowest BCUT2D eigenvalue weighted by Crippen LogP contribution is -2.50. The van der Waals surface area contributed by atoms with E-state index in [9.17, 15) is 4.79 Å². The zero-order chi connectivity index (χ0) is 22.0. The summed E-state index contributed by atoms with van der Waals surface area (Å²) in [4.78, 5) is 21.0. The Morgan fingerprint density at radius 2 is 2.15 bits per heavy atom. The van der Waals surface area contributed by atoms with Crippen LogP contribution < -0.4 is 10.6 Å². The highest BCUT2D eigenvalue weighted by Crippen LogP contribution is 2.39. The summed E-state index contributed by atoms with van der Waals surface area (Å²) in [5.41, 5.74) is 3.04. The molecule has 2 N–H and O–H groups in total. The molecule has 3 heterocycles. The minimum atomic E-state index is 0. The Kier molecular flexibility index (Phi) is 9.65. The molecule has 6 nitrogen and oxygen atoms in total. The molecule has 1 unspecified atom stereocenters. The van der Waals surface area contributed by atoms with Crippen LogP contribution in [0.3, 0.4) is 0 Å². The van der Waals surface area contributed by atoms with Crippen LogP contribution in [0.4, 0.5) is 5.82 Å². The van der Waals surface area contributed by atoms with Crippen molar-refractivity contribution in [3.63, 3.8) is 0 Å². The maximum Gasteiger partial charge on any atom is 0.257 e. The number of furan rings is 1. The molecule has 1 fully saturated rings. The third kappa shape index (κ3) is 6.23. The number of halogens is 2. The molecule has 1 amide bonds. The van der Waals surface area contributed by atoms with E-state index in [4.69, 9.17) is 9.40 Å². The maximum atomic E-state index is 13.9. The summed E-state index contributed by atoms with van der Waals surface area (Å²) >= 11 is 0. The van der Waals surface area contributed by atoms with Gasteiger partial charge in [-0.2, -0.15) is 0 Å². The number of carbonyl (C=O) groups is 1. The predicted molar refractivity (Wildman–Crippen MR) is 138 cm³/mol. The third-order valence-corrected chi connectivity index (χ3v) is 6.54. The average molecular weight is 498 g/mol. The summed E-state index contributed by atoms with van der Waals surface area (Å²) in [5.74, 6) is 2.00. The highest BCUT2D eigenvalue weighted by Gasteiger charge is 2.35. The van der Waals surface area contributed by atoms with Gasteiger partial charge in [-0.1, -0.05) is 27.7 Å². The number of pyridine rings is 1. The number of hydrogen-bond acceptors (Lipinski definition) is 5. The van der Waals surface area contributed by atoms with Crippen molar-refractivity contribution in [2.75, 3.05) is 25.0 Å². The molecule has 1 saturated heterocycles. The van der Waals surface area contributed by atoms with E-state index in [0.717, 1.165) is 56.8 Å². The number of hydrogen-bond donors (Lipinski definition) is 2. The van der Waals surface area contributed by atoms with Gasteiger partial charge in [0.25, 0.3) is 5.91 Å². The molecule has 4 rings (SSSR count). The first-order chi connectivity index (χ1) is 14.8. The molecule has 0 saturated carbocycles. The predicted octanol–water partition coefficient (Wildman–Crippen LogP) is 5.20. The maximum absolute atomic E-state index is 13.9. The number of nitrogens with zero attached hydrogens (tertiary/aromatic N) is 2. The van der Waals surface area contributed by atoms with Gasteiger partial charge >= 0.3 is 0 Å².